The molecule has 0 atom stereocenters. The van der Waals surface area contributed by atoms with Gasteiger partial charge in [0.2, 0.25) is 0 Å². The molecule has 1 aromatic rings. The van der Waals surface area contributed by atoms with E-state index in [1.165, 1.54) is 18.5 Å². The Kier molecular flexibility index (Phi) is 2.78. The van der Waals surface area contributed by atoms with Crippen molar-refractivity contribution < 1.29 is 4.79 Å². The molecule has 3 nitrogen and oxygen atoms in total. The molecule has 0 radical (unpaired) electrons. The third kappa shape index (κ3) is 1.86. The second-order valence-corrected chi connectivity index (χ2v) is 10.6. The molecule has 0 unspecified atom stereocenters. The maximum atomic E-state index is 11.8. The molecule has 1 aliphatic rings. The van der Waals surface area contributed by atoms with Crippen molar-refractivity contribution in [3.05, 3.63) is 11.3 Å². The van der Waals surface area contributed by atoms with Crippen LogP contribution in [0.2, 0.25) is 19.6 Å². The summed E-state index contributed by atoms with van der Waals surface area (Å²) in [6, 6.07) is 0. The molecule has 0 amide bonds. The summed E-state index contributed by atoms with van der Waals surface area (Å²) >= 11 is 0. The minimum Gasteiger partial charge on any atom is -0.294 e. The first-order valence-corrected chi connectivity index (χ1v) is 9.52. The molecule has 1 aliphatic heterocycles. The highest BCUT2D eigenvalue weighted by atomic mass is 28.3. The van der Waals surface area contributed by atoms with Crippen molar-refractivity contribution in [3.63, 3.8) is 0 Å². The quantitative estimate of drug-likeness (QED) is 0.581. The molecule has 0 aliphatic carbocycles. The van der Waals surface area contributed by atoms with Crippen molar-refractivity contribution in [1.29, 1.82) is 0 Å². The van der Waals surface area contributed by atoms with E-state index in [0.717, 1.165) is 23.8 Å². The second-order valence-electron chi connectivity index (χ2n) is 5.66. The number of nitrogens with zero attached hydrogens (tertiary/aromatic N) is 2. The predicted molar refractivity (Wildman–Crippen MR) is 68.1 cm³/mol. The fraction of sp³-hybridized carbons (Fsp3) is 0.667. The Morgan fingerprint density at radius 2 is 2.00 bits per heavy atom. The first kappa shape index (κ1) is 11.6. The molecule has 0 aromatic carbocycles. The zero-order chi connectivity index (χ0) is 11.9. The van der Waals surface area contributed by atoms with Gasteiger partial charge in [0, 0.05) is 12.2 Å². The Labute approximate surface area is 97.9 Å². The van der Waals surface area contributed by atoms with E-state index in [1.807, 2.05) is 0 Å². The summed E-state index contributed by atoms with van der Waals surface area (Å²) in [6.45, 7) is 9.44. The van der Waals surface area contributed by atoms with Crippen LogP contribution in [0.3, 0.4) is 0 Å². The SMILES string of the molecule is CC(=O)c1c([Si](C)(C)C)nn2c1CCCC2. The van der Waals surface area contributed by atoms with Crippen LogP contribution < -0.4 is 5.32 Å². The highest BCUT2D eigenvalue weighted by Gasteiger charge is 2.30. The number of aromatic nitrogens is 2. The van der Waals surface area contributed by atoms with Crippen LogP contribution in [0.4, 0.5) is 0 Å². The van der Waals surface area contributed by atoms with Gasteiger partial charge in [-0.25, -0.2) is 0 Å². The van der Waals surface area contributed by atoms with Crippen LogP contribution in [0.15, 0.2) is 0 Å². The molecule has 0 fully saturated rings. The van der Waals surface area contributed by atoms with Gasteiger partial charge in [-0.1, -0.05) is 19.6 Å². The number of ketones is 1. The van der Waals surface area contributed by atoms with Gasteiger partial charge in [-0.05, 0) is 26.2 Å². The van der Waals surface area contributed by atoms with Crippen molar-refractivity contribution in [2.24, 2.45) is 0 Å². The molecule has 88 valence electrons. The summed E-state index contributed by atoms with van der Waals surface area (Å²) in [4.78, 5) is 11.8. The Bertz CT molecular complexity index is 429. The Morgan fingerprint density at radius 3 is 2.56 bits per heavy atom. The van der Waals surface area contributed by atoms with Gasteiger partial charge >= 0.3 is 0 Å². The zero-order valence-corrected chi connectivity index (χ0v) is 11.6. The minimum absolute atomic E-state index is 0.195. The molecule has 2 rings (SSSR count). The van der Waals surface area contributed by atoms with Gasteiger partial charge < -0.3 is 0 Å². The summed E-state index contributed by atoms with van der Waals surface area (Å²) in [7, 11) is -1.51. The molecule has 4 heteroatoms. The molecular weight excluding hydrogens is 216 g/mol. The molecule has 1 aromatic heterocycles. The summed E-state index contributed by atoms with van der Waals surface area (Å²) in [6.07, 6.45) is 3.40. The van der Waals surface area contributed by atoms with Crippen LogP contribution in [0.1, 0.15) is 35.8 Å². The van der Waals surface area contributed by atoms with Crippen LogP contribution in [0.25, 0.3) is 0 Å². The average Bonchev–Trinajstić information content (AvgIpc) is 2.55. The Balaban J connectivity index is 2.61. The van der Waals surface area contributed by atoms with Gasteiger partial charge in [-0.2, -0.15) is 5.10 Å². The fourth-order valence-corrected chi connectivity index (χ4v) is 3.88. The zero-order valence-electron chi connectivity index (χ0n) is 10.6. The van der Waals surface area contributed by atoms with Gasteiger partial charge in [-0.3, -0.25) is 9.48 Å². The van der Waals surface area contributed by atoms with Gasteiger partial charge in [0.15, 0.2) is 5.78 Å². The lowest BCUT2D eigenvalue weighted by atomic mass is 10.0. The average molecular weight is 236 g/mol. The first-order valence-electron chi connectivity index (χ1n) is 6.02. The number of carbonyl (C=O) groups is 1. The third-order valence-corrected chi connectivity index (χ3v) is 4.92. The first-order chi connectivity index (χ1) is 7.41. The maximum Gasteiger partial charge on any atom is 0.163 e. The number of carbonyl (C=O) groups excluding carboxylic acids is 1. The fourth-order valence-electron chi connectivity index (χ4n) is 2.38. The topological polar surface area (TPSA) is 34.9 Å². The van der Waals surface area contributed by atoms with Crippen LogP contribution in [0.5, 0.6) is 0 Å². The molecule has 0 spiro atoms. The van der Waals surface area contributed by atoms with Crippen molar-refractivity contribution in [3.8, 4) is 0 Å². The van der Waals surface area contributed by atoms with Crippen LogP contribution in [-0.2, 0) is 13.0 Å². The number of rotatable bonds is 2. The van der Waals surface area contributed by atoms with E-state index in [4.69, 9.17) is 5.10 Å². The second kappa shape index (κ2) is 3.84. The van der Waals surface area contributed by atoms with Crippen molar-refractivity contribution in [2.75, 3.05) is 0 Å². The van der Waals surface area contributed by atoms with Gasteiger partial charge in [0.05, 0.1) is 10.9 Å². The Hall–Kier alpha value is -0.903. The molecule has 0 saturated heterocycles. The number of aryl methyl sites for hydroxylation is 1. The standard InChI is InChI=1S/C12H20N2OSi/c1-9(15)11-10-7-5-6-8-14(10)13-12(11)16(2,3)4/h5-8H2,1-4H3. The van der Waals surface area contributed by atoms with E-state index < -0.39 is 8.07 Å². The van der Waals surface area contributed by atoms with Crippen LogP contribution in [0, 0.1) is 0 Å². The number of Topliss-reactive ketones (excluding diaryl/α,β-unsaturated/α-hetero) is 1. The largest absolute Gasteiger partial charge is 0.294 e. The normalized spacial score (nSPS) is 16.0. The highest BCUT2D eigenvalue weighted by Crippen LogP contribution is 2.19. The van der Waals surface area contributed by atoms with E-state index in [0.29, 0.717) is 0 Å². The van der Waals surface area contributed by atoms with E-state index in [-0.39, 0.29) is 5.78 Å². The smallest absolute Gasteiger partial charge is 0.163 e. The van der Waals surface area contributed by atoms with Crippen LogP contribution >= 0.6 is 0 Å². The van der Waals surface area contributed by atoms with Crippen molar-refractivity contribution >= 4 is 19.2 Å². The summed E-state index contributed by atoms with van der Waals surface area (Å²) in [5.74, 6) is 0.195. The summed E-state index contributed by atoms with van der Waals surface area (Å²) < 4.78 is 2.08. The van der Waals surface area contributed by atoms with E-state index in [1.54, 1.807) is 6.92 Å². The van der Waals surface area contributed by atoms with E-state index >= 15 is 0 Å². The molecule has 0 saturated carbocycles. The molecular formula is C12H20N2OSi. The number of hydrogen-bond acceptors (Lipinski definition) is 2. The molecule has 0 N–H and O–H groups in total. The number of hydrogen-bond donors (Lipinski definition) is 0. The molecule has 16 heavy (non-hydrogen) atoms. The van der Waals surface area contributed by atoms with Crippen molar-refractivity contribution in [1.82, 2.24) is 9.78 Å². The lowest BCUT2D eigenvalue weighted by molar-refractivity contribution is 0.101. The summed E-state index contributed by atoms with van der Waals surface area (Å²) in [5.41, 5.74) is 2.13. The minimum atomic E-state index is -1.51. The van der Waals surface area contributed by atoms with E-state index in [2.05, 4.69) is 24.3 Å². The van der Waals surface area contributed by atoms with Crippen molar-refractivity contribution in [2.45, 2.75) is 52.4 Å². The van der Waals surface area contributed by atoms with E-state index in [9.17, 15) is 4.79 Å². The maximum absolute atomic E-state index is 11.8. The van der Waals surface area contributed by atoms with Gasteiger partial charge in [-0.15, -0.1) is 0 Å². The molecule has 2 heterocycles. The lowest BCUT2D eigenvalue weighted by Gasteiger charge is -2.14. The van der Waals surface area contributed by atoms with Gasteiger partial charge in [0.25, 0.3) is 0 Å². The van der Waals surface area contributed by atoms with Gasteiger partial charge in [0.1, 0.15) is 8.07 Å². The third-order valence-electron chi connectivity index (χ3n) is 3.15. The monoisotopic (exact) mass is 236 g/mol. The highest BCUT2D eigenvalue weighted by molar-refractivity contribution is 6.88. The molecule has 0 bridgehead atoms. The van der Waals surface area contributed by atoms with Crippen LogP contribution in [-0.4, -0.2) is 23.6 Å². The summed E-state index contributed by atoms with van der Waals surface area (Å²) in [5, 5.41) is 5.81. The Morgan fingerprint density at radius 1 is 1.31 bits per heavy atom. The number of fused-ring (bicyclic) bond motifs is 1. The predicted octanol–water partition coefficient (Wildman–Crippen LogP) is 1.97. The lowest BCUT2D eigenvalue weighted by Crippen LogP contribution is -2.42.